The molecule has 3 heteroatoms. The van der Waals surface area contributed by atoms with Crippen LogP contribution in [0.15, 0.2) is 24.3 Å². The van der Waals surface area contributed by atoms with Crippen molar-refractivity contribution in [3.63, 3.8) is 0 Å². The molecule has 0 aliphatic carbocycles. The first-order chi connectivity index (χ1) is 8.74. The summed E-state index contributed by atoms with van der Waals surface area (Å²) in [5.74, 6) is 0. The average Bonchev–Trinajstić information content (AvgIpc) is 2.38. The lowest BCUT2D eigenvalue weighted by atomic mass is 10.1. The lowest BCUT2D eigenvalue weighted by molar-refractivity contribution is 0.0693. The van der Waals surface area contributed by atoms with Gasteiger partial charge in [0.25, 0.3) is 0 Å². The van der Waals surface area contributed by atoms with E-state index in [1.165, 1.54) is 11.1 Å². The smallest absolute Gasteiger partial charge is 0.0700 e. The minimum atomic E-state index is 0.393. The third-order valence-electron chi connectivity index (χ3n) is 2.93. The number of methoxy groups -OCH3 is 1. The molecule has 0 saturated heterocycles. The highest BCUT2D eigenvalue weighted by atomic mass is 16.5. The summed E-state index contributed by atoms with van der Waals surface area (Å²) in [7, 11) is 1.69. The van der Waals surface area contributed by atoms with Gasteiger partial charge in [0.2, 0.25) is 0 Å². The molecule has 1 aromatic carbocycles. The van der Waals surface area contributed by atoms with E-state index in [1.54, 1.807) is 7.11 Å². The number of hydrogen-bond donors (Lipinski definition) is 1. The van der Waals surface area contributed by atoms with Crippen LogP contribution in [0.2, 0.25) is 0 Å². The second-order valence-corrected chi connectivity index (χ2v) is 4.55. The normalized spacial score (nSPS) is 12.6. The van der Waals surface area contributed by atoms with Crippen molar-refractivity contribution in [2.45, 2.75) is 26.3 Å². The summed E-state index contributed by atoms with van der Waals surface area (Å²) in [5, 5.41) is 3.50. The van der Waals surface area contributed by atoms with Crippen LogP contribution >= 0.6 is 0 Å². The fourth-order valence-electron chi connectivity index (χ4n) is 1.71. The van der Waals surface area contributed by atoms with Gasteiger partial charge in [-0.1, -0.05) is 29.8 Å². The van der Waals surface area contributed by atoms with Gasteiger partial charge < -0.3 is 14.8 Å². The molecule has 3 nitrogen and oxygen atoms in total. The fourth-order valence-corrected chi connectivity index (χ4v) is 1.71. The Morgan fingerprint density at radius 1 is 1.11 bits per heavy atom. The standard InChI is InChI=1S/C15H25NO2/c1-13-5-7-15(8-6-13)14(2)16-9-4-10-18-12-11-17-3/h5-8,14,16H,4,9-12H2,1-3H3. The maximum atomic E-state index is 5.41. The molecule has 0 saturated carbocycles. The molecule has 0 amide bonds. The average molecular weight is 251 g/mol. The molecule has 0 aliphatic rings. The Hall–Kier alpha value is -0.900. The van der Waals surface area contributed by atoms with Gasteiger partial charge in [0.15, 0.2) is 0 Å². The van der Waals surface area contributed by atoms with Crippen molar-refractivity contribution in [1.82, 2.24) is 5.32 Å². The third kappa shape index (κ3) is 6.15. The van der Waals surface area contributed by atoms with Gasteiger partial charge in [-0.3, -0.25) is 0 Å². The van der Waals surface area contributed by atoms with Crippen LogP contribution in [0.4, 0.5) is 0 Å². The molecule has 18 heavy (non-hydrogen) atoms. The molecule has 1 aromatic rings. The minimum absolute atomic E-state index is 0.393. The summed E-state index contributed by atoms with van der Waals surface area (Å²) in [6.07, 6.45) is 1.03. The highest BCUT2D eigenvalue weighted by Crippen LogP contribution is 2.12. The van der Waals surface area contributed by atoms with Crippen LogP contribution in [-0.2, 0) is 9.47 Å². The predicted octanol–water partition coefficient (Wildman–Crippen LogP) is 2.70. The zero-order valence-electron chi connectivity index (χ0n) is 11.7. The molecule has 0 aromatic heterocycles. The molecular weight excluding hydrogens is 226 g/mol. The molecule has 1 unspecified atom stereocenters. The number of ether oxygens (including phenoxy) is 2. The first-order valence-corrected chi connectivity index (χ1v) is 6.60. The molecule has 0 fully saturated rings. The van der Waals surface area contributed by atoms with E-state index in [9.17, 15) is 0 Å². The topological polar surface area (TPSA) is 30.5 Å². The summed E-state index contributed by atoms with van der Waals surface area (Å²) in [4.78, 5) is 0. The SMILES string of the molecule is COCCOCCCNC(C)c1ccc(C)cc1. The molecular formula is C15H25NO2. The van der Waals surface area contributed by atoms with E-state index in [-0.39, 0.29) is 0 Å². The maximum absolute atomic E-state index is 5.41. The number of nitrogens with one attached hydrogen (secondary N) is 1. The zero-order valence-corrected chi connectivity index (χ0v) is 11.7. The van der Waals surface area contributed by atoms with Crippen LogP contribution < -0.4 is 5.32 Å². The van der Waals surface area contributed by atoms with Crippen molar-refractivity contribution in [2.24, 2.45) is 0 Å². The van der Waals surface area contributed by atoms with Crippen molar-refractivity contribution in [2.75, 3.05) is 33.5 Å². The lowest BCUT2D eigenvalue weighted by Crippen LogP contribution is -2.21. The Balaban J connectivity index is 2.10. The Morgan fingerprint density at radius 3 is 2.50 bits per heavy atom. The molecule has 0 aliphatic heterocycles. The van der Waals surface area contributed by atoms with E-state index in [2.05, 4.69) is 43.4 Å². The van der Waals surface area contributed by atoms with Crippen LogP contribution in [0.1, 0.15) is 30.5 Å². The second-order valence-electron chi connectivity index (χ2n) is 4.55. The number of aryl methyl sites for hydroxylation is 1. The molecule has 1 atom stereocenters. The van der Waals surface area contributed by atoms with E-state index < -0.39 is 0 Å². The van der Waals surface area contributed by atoms with Gasteiger partial charge in [0.1, 0.15) is 0 Å². The molecule has 0 spiro atoms. The fraction of sp³-hybridized carbons (Fsp3) is 0.600. The highest BCUT2D eigenvalue weighted by Gasteiger charge is 2.03. The van der Waals surface area contributed by atoms with Crippen molar-refractivity contribution < 1.29 is 9.47 Å². The first kappa shape index (κ1) is 15.2. The lowest BCUT2D eigenvalue weighted by Gasteiger charge is -2.14. The van der Waals surface area contributed by atoms with Gasteiger partial charge >= 0.3 is 0 Å². The quantitative estimate of drug-likeness (QED) is 0.685. The van der Waals surface area contributed by atoms with Gasteiger partial charge in [-0.25, -0.2) is 0 Å². The number of benzene rings is 1. The Labute approximate surface area is 110 Å². The molecule has 1 N–H and O–H groups in total. The minimum Gasteiger partial charge on any atom is -0.382 e. The monoisotopic (exact) mass is 251 g/mol. The number of hydrogen-bond acceptors (Lipinski definition) is 3. The van der Waals surface area contributed by atoms with Crippen LogP contribution in [0, 0.1) is 6.92 Å². The van der Waals surface area contributed by atoms with Crippen molar-refractivity contribution in [3.05, 3.63) is 35.4 Å². The third-order valence-corrected chi connectivity index (χ3v) is 2.93. The molecule has 0 heterocycles. The summed E-state index contributed by atoms with van der Waals surface area (Å²) in [5.41, 5.74) is 2.64. The van der Waals surface area contributed by atoms with Crippen molar-refractivity contribution in [1.29, 1.82) is 0 Å². The maximum Gasteiger partial charge on any atom is 0.0700 e. The largest absolute Gasteiger partial charge is 0.382 e. The van der Waals surface area contributed by atoms with Crippen LogP contribution in [0.3, 0.4) is 0 Å². The van der Waals surface area contributed by atoms with Gasteiger partial charge in [-0.2, -0.15) is 0 Å². The summed E-state index contributed by atoms with van der Waals surface area (Å²) in [6.45, 7) is 7.42. The van der Waals surface area contributed by atoms with E-state index in [0.29, 0.717) is 19.3 Å². The van der Waals surface area contributed by atoms with Crippen LogP contribution in [-0.4, -0.2) is 33.5 Å². The van der Waals surface area contributed by atoms with E-state index in [4.69, 9.17) is 9.47 Å². The summed E-state index contributed by atoms with van der Waals surface area (Å²) >= 11 is 0. The highest BCUT2D eigenvalue weighted by molar-refractivity contribution is 5.23. The molecule has 1 rings (SSSR count). The van der Waals surface area contributed by atoms with E-state index in [0.717, 1.165) is 19.6 Å². The summed E-state index contributed by atoms with van der Waals surface area (Å²) in [6, 6.07) is 9.07. The molecule has 102 valence electrons. The van der Waals surface area contributed by atoms with Gasteiger partial charge in [-0.15, -0.1) is 0 Å². The van der Waals surface area contributed by atoms with Crippen molar-refractivity contribution in [3.8, 4) is 0 Å². The second kappa shape index (κ2) is 9.09. The van der Waals surface area contributed by atoms with E-state index >= 15 is 0 Å². The van der Waals surface area contributed by atoms with Crippen LogP contribution in [0.25, 0.3) is 0 Å². The van der Waals surface area contributed by atoms with Gasteiger partial charge in [-0.05, 0) is 32.4 Å². The Bertz CT molecular complexity index is 311. The van der Waals surface area contributed by atoms with Crippen LogP contribution in [0.5, 0.6) is 0 Å². The summed E-state index contributed by atoms with van der Waals surface area (Å²) < 4.78 is 10.3. The first-order valence-electron chi connectivity index (χ1n) is 6.60. The van der Waals surface area contributed by atoms with E-state index in [1.807, 2.05) is 0 Å². The Morgan fingerprint density at radius 2 is 1.83 bits per heavy atom. The van der Waals surface area contributed by atoms with Crippen molar-refractivity contribution >= 4 is 0 Å². The Kier molecular flexibility index (Phi) is 7.65. The number of rotatable bonds is 9. The van der Waals surface area contributed by atoms with Gasteiger partial charge in [0, 0.05) is 19.8 Å². The van der Waals surface area contributed by atoms with Gasteiger partial charge in [0.05, 0.1) is 13.2 Å². The molecule has 0 radical (unpaired) electrons. The molecule has 0 bridgehead atoms. The zero-order chi connectivity index (χ0) is 13.2. The predicted molar refractivity (Wildman–Crippen MR) is 74.9 cm³/mol.